The Balaban J connectivity index is 1.91. The van der Waals surface area contributed by atoms with E-state index in [0.29, 0.717) is 6.04 Å². The Hall–Kier alpha value is -1.59. The third kappa shape index (κ3) is 6.33. The molecule has 5 nitrogen and oxygen atoms in total. The lowest BCUT2D eigenvalue weighted by molar-refractivity contribution is 0.0211. The highest BCUT2D eigenvalue weighted by Gasteiger charge is 2.20. The SMILES string of the molecule is CCNC(=NCC(C)(C)c1ccccc1)NCC(C)N1CCOCC1. The molecular formula is C20H34N4O. The summed E-state index contributed by atoms with van der Waals surface area (Å²) in [6.07, 6.45) is 0. The van der Waals surface area contributed by atoms with E-state index in [1.165, 1.54) is 5.56 Å². The Morgan fingerprint density at radius 3 is 2.52 bits per heavy atom. The van der Waals surface area contributed by atoms with Gasteiger partial charge in [0.05, 0.1) is 19.8 Å². The molecule has 1 aromatic carbocycles. The molecule has 1 fully saturated rings. The molecule has 1 saturated heterocycles. The van der Waals surface area contributed by atoms with Crippen molar-refractivity contribution in [3.63, 3.8) is 0 Å². The number of aliphatic imine (C=N–C) groups is 1. The molecule has 1 aromatic rings. The topological polar surface area (TPSA) is 48.9 Å². The maximum atomic E-state index is 5.43. The number of hydrogen-bond acceptors (Lipinski definition) is 3. The van der Waals surface area contributed by atoms with Crippen molar-refractivity contribution in [2.45, 2.75) is 39.2 Å². The summed E-state index contributed by atoms with van der Waals surface area (Å²) in [5.74, 6) is 0.895. The molecule has 1 unspecified atom stereocenters. The van der Waals surface area contributed by atoms with Gasteiger partial charge in [-0.3, -0.25) is 9.89 Å². The zero-order valence-electron chi connectivity index (χ0n) is 16.2. The maximum absolute atomic E-state index is 5.43. The average molecular weight is 347 g/mol. The lowest BCUT2D eigenvalue weighted by atomic mass is 9.85. The molecule has 1 atom stereocenters. The third-order valence-electron chi connectivity index (χ3n) is 4.77. The van der Waals surface area contributed by atoms with E-state index >= 15 is 0 Å². The van der Waals surface area contributed by atoms with Crippen LogP contribution in [0.15, 0.2) is 35.3 Å². The van der Waals surface area contributed by atoms with Crippen LogP contribution < -0.4 is 10.6 Å². The van der Waals surface area contributed by atoms with Gasteiger partial charge in [0, 0.05) is 37.6 Å². The van der Waals surface area contributed by atoms with Gasteiger partial charge in [0.15, 0.2) is 5.96 Å². The Labute approximate surface area is 152 Å². The van der Waals surface area contributed by atoms with Crippen LogP contribution in [0.4, 0.5) is 0 Å². The van der Waals surface area contributed by atoms with E-state index in [1.54, 1.807) is 0 Å². The number of morpholine rings is 1. The van der Waals surface area contributed by atoms with E-state index in [0.717, 1.165) is 51.9 Å². The largest absolute Gasteiger partial charge is 0.379 e. The minimum absolute atomic E-state index is 0.0133. The van der Waals surface area contributed by atoms with Gasteiger partial charge in [-0.15, -0.1) is 0 Å². The van der Waals surface area contributed by atoms with Gasteiger partial charge in [-0.2, -0.15) is 0 Å². The van der Waals surface area contributed by atoms with Crippen LogP contribution in [0.1, 0.15) is 33.3 Å². The van der Waals surface area contributed by atoms with E-state index in [4.69, 9.17) is 9.73 Å². The Kier molecular flexibility index (Phi) is 7.72. The predicted octanol–water partition coefficient (Wildman–Crippen LogP) is 2.24. The number of hydrogen-bond donors (Lipinski definition) is 2. The van der Waals surface area contributed by atoms with Crippen molar-refractivity contribution >= 4 is 5.96 Å². The van der Waals surface area contributed by atoms with Crippen LogP contribution in [0.25, 0.3) is 0 Å². The molecule has 0 amide bonds. The Bertz CT molecular complexity index is 524. The van der Waals surface area contributed by atoms with Gasteiger partial charge in [0.1, 0.15) is 0 Å². The summed E-state index contributed by atoms with van der Waals surface area (Å²) in [4.78, 5) is 7.30. The summed E-state index contributed by atoms with van der Waals surface area (Å²) in [7, 11) is 0. The van der Waals surface area contributed by atoms with Crippen molar-refractivity contribution in [1.29, 1.82) is 0 Å². The summed E-state index contributed by atoms with van der Waals surface area (Å²) in [6, 6.07) is 11.1. The fourth-order valence-electron chi connectivity index (χ4n) is 2.99. The van der Waals surface area contributed by atoms with Gasteiger partial charge in [0.25, 0.3) is 0 Å². The first-order chi connectivity index (χ1) is 12.0. The fraction of sp³-hybridized carbons (Fsp3) is 0.650. The zero-order valence-corrected chi connectivity index (χ0v) is 16.2. The summed E-state index contributed by atoms with van der Waals surface area (Å²) >= 11 is 0. The number of nitrogens with zero attached hydrogens (tertiary/aromatic N) is 2. The van der Waals surface area contributed by atoms with E-state index in [9.17, 15) is 0 Å². The number of ether oxygens (including phenoxy) is 1. The first-order valence-electron chi connectivity index (χ1n) is 9.42. The van der Waals surface area contributed by atoms with Crippen molar-refractivity contribution in [3.05, 3.63) is 35.9 Å². The van der Waals surface area contributed by atoms with Crippen LogP contribution in [0.2, 0.25) is 0 Å². The Morgan fingerprint density at radius 1 is 1.20 bits per heavy atom. The van der Waals surface area contributed by atoms with Crippen LogP contribution in [-0.4, -0.2) is 62.8 Å². The second kappa shape index (κ2) is 9.78. The fourth-order valence-corrected chi connectivity index (χ4v) is 2.99. The number of benzene rings is 1. The molecule has 1 aliphatic heterocycles. The molecule has 0 aromatic heterocycles. The van der Waals surface area contributed by atoms with Crippen LogP contribution in [0, 0.1) is 0 Å². The summed E-state index contributed by atoms with van der Waals surface area (Å²) in [6.45, 7) is 15.0. The van der Waals surface area contributed by atoms with Crippen molar-refractivity contribution in [3.8, 4) is 0 Å². The van der Waals surface area contributed by atoms with Crippen molar-refractivity contribution in [2.24, 2.45) is 4.99 Å². The summed E-state index contributed by atoms with van der Waals surface area (Å²) in [5.41, 5.74) is 1.33. The molecule has 1 heterocycles. The summed E-state index contributed by atoms with van der Waals surface area (Å²) < 4.78 is 5.43. The van der Waals surface area contributed by atoms with Crippen LogP contribution in [0.5, 0.6) is 0 Å². The normalized spacial score (nSPS) is 18.0. The molecule has 0 radical (unpaired) electrons. The highest BCUT2D eigenvalue weighted by molar-refractivity contribution is 5.79. The molecule has 2 N–H and O–H groups in total. The third-order valence-corrected chi connectivity index (χ3v) is 4.77. The lowest BCUT2D eigenvalue weighted by Gasteiger charge is -2.32. The smallest absolute Gasteiger partial charge is 0.191 e. The molecule has 140 valence electrons. The van der Waals surface area contributed by atoms with Crippen LogP contribution >= 0.6 is 0 Å². The number of nitrogens with one attached hydrogen (secondary N) is 2. The highest BCUT2D eigenvalue weighted by atomic mass is 16.5. The second-order valence-corrected chi connectivity index (χ2v) is 7.32. The van der Waals surface area contributed by atoms with Gasteiger partial charge in [-0.1, -0.05) is 44.2 Å². The average Bonchev–Trinajstić information content (AvgIpc) is 2.65. The standard InChI is InChI=1S/C20H34N4O/c1-5-21-19(22-15-17(2)24-11-13-25-14-12-24)23-16-20(3,4)18-9-7-6-8-10-18/h6-10,17H,5,11-16H2,1-4H3,(H2,21,22,23). The van der Waals surface area contributed by atoms with E-state index in [-0.39, 0.29) is 5.41 Å². The molecule has 0 bridgehead atoms. The van der Waals surface area contributed by atoms with E-state index in [2.05, 4.69) is 73.6 Å². The molecule has 0 spiro atoms. The Morgan fingerprint density at radius 2 is 1.88 bits per heavy atom. The zero-order chi connectivity index (χ0) is 18.1. The van der Waals surface area contributed by atoms with Crippen molar-refractivity contribution < 1.29 is 4.74 Å². The quantitative estimate of drug-likeness (QED) is 0.587. The molecule has 5 heteroatoms. The first-order valence-corrected chi connectivity index (χ1v) is 9.42. The minimum atomic E-state index is 0.0133. The second-order valence-electron chi connectivity index (χ2n) is 7.32. The lowest BCUT2D eigenvalue weighted by Crippen LogP contribution is -2.49. The predicted molar refractivity (Wildman–Crippen MR) is 105 cm³/mol. The molecule has 2 rings (SSSR count). The first kappa shape index (κ1) is 19.7. The highest BCUT2D eigenvalue weighted by Crippen LogP contribution is 2.22. The maximum Gasteiger partial charge on any atom is 0.191 e. The molecule has 0 saturated carbocycles. The number of rotatable bonds is 7. The number of guanidine groups is 1. The molecule has 1 aliphatic rings. The van der Waals surface area contributed by atoms with E-state index in [1.807, 2.05) is 0 Å². The monoisotopic (exact) mass is 346 g/mol. The molecular weight excluding hydrogens is 312 g/mol. The van der Waals surface area contributed by atoms with Crippen LogP contribution in [0.3, 0.4) is 0 Å². The van der Waals surface area contributed by atoms with Crippen molar-refractivity contribution in [1.82, 2.24) is 15.5 Å². The van der Waals surface area contributed by atoms with Gasteiger partial charge in [-0.05, 0) is 19.4 Å². The van der Waals surface area contributed by atoms with Crippen LogP contribution in [-0.2, 0) is 10.2 Å². The van der Waals surface area contributed by atoms with E-state index < -0.39 is 0 Å². The van der Waals surface area contributed by atoms with Gasteiger partial charge >= 0.3 is 0 Å². The van der Waals surface area contributed by atoms with Gasteiger partial charge < -0.3 is 15.4 Å². The van der Waals surface area contributed by atoms with Gasteiger partial charge in [0.2, 0.25) is 0 Å². The molecule has 0 aliphatic carbocycles. The molecule has 25 heavy (non-hydrogen) atoms. The van der Waals surface area contributed by atoms with Crippen molar-refractivity contribution in [2.75, 3.05) is 45.9 Å². The minimum Gasteiger partial charge on any atom is -0.379 e. The van der Waals surface area contributed by atoms with Gasteiger partial charge in [-0.25, -0.2) is 0 Å². The summed E-state index contributed by atoms with van der Waals surface area (Å²) in [5, 5.41) is 6.86.